The van der Waals surface area contributed by atoms with Crippen LogP contribution in [0.1, 0.15) is 17.9 Å². The second-order valence-corrected chi connectivity index (χ2v) is 4.06. The van der Waals surface area contributed by atoms with E-state index in [0.29, 0.717) is 12.2 Å². The van der Waals surface area contributed by atoms with E-state index in [4.69, 9.17) is 9.84 Å². The van der Waals surface area contributed by atoms with Gasteiger partial charge in [-0.25, -0.2) is 8.78 Å². The van der Waals surface area contributed by atoms with E-state index < -0.39 is 19.0 Å². The van der Waals surface area contributed by atoms with E-state index in [-0.39, 0.29) is 11.8 Å². The van der Waals surface area contributed by atoms with Crippen molar-refractivity contribution >= 4 is 5.97 Å². The van der Waals surface area contributed by atoms with Gasteiger partial charge in [0.25, 0.3) is 6.43 Å². The Morgan fingerprint density at radius 3 is 2.53 bits per heavy atom. The molecule has 2 rings (SSSR count). The summed E-state index contributed by atoms with van der Waals surface area (Å²) in [6.07, 6.45) is -1.85. The molecule has 0 amide bonds. The van der Waals surface area contributed by atoms with Crippen LogP contribution in [0, 0.1) is 5.92 Å². The van der Waals surface area contributed by atoms with Crippen LogP contribution in [0.5, 0.6) is 5.75 Å². The van der Waals surface area contributed by atoms with Crippen LogP contribution in [0.4, 0.5) is 8.78 Å². The van der Waals surface area contributed by atoms with Gasteiger partial charge in [0.05, 0.1) is 5.92 Å². The van der Waals surface area contributed by atoms with Crippen molar-refractivity contribution in [2.45, 2.75) is 18.8 Å². The van der Waals surface area contributed by atoms with Gasteiger partial charge >= 0.3 is 5.97 Å². The number of aliphatic carboxylic acids is 1. The number of halogens is 2. The molecule has 1 aromatic carbocycles. The number of alkyl halides is 2. The molecule has 0 heterocycles. The average molecular weight is 242 g/mol. The summed E-state index contributed by atoms with van der Waals surface area (Å²) in [5, 5.41) is 8.78. The van der Waals surface area contributed by atoms with Crippen LogP contribution in [-0.2, 0) is 4.79 Å². The third kappa shape index (κ3) is 2.93. The van der Waals surface area contributed by atoms with Crippen molar-refractivity contribution in [3.63, 3.8) is 0 Å². The maximum absolute atomic E-state index is 11.9. The van der Waals surface area contributed by atoms with E-state index in [9.17, 15) is 13.6 Å². The Bertz CT molecular complexity index is 403. The first kappa shape index (κ1) is 11.8. The zero-order chi connectivity index (χ0) is 12.4. The fourth-order valence-electron chi connectivity index (χ4n) is 1.81. The molecule has 5 heteroatoms. The van der Waals surface area contributed by atoms with E-state index in [0.717, 1.165) is 5.56 Å². The van der Waals surface area contributed by atoms with Gasteiger partial charge in [-0.2, -0.15) is 0 Å². The van der Waals surface area contributed by atoms with Gasteiger partial charge in [-0.05, 0) is 30.0 Å². The van der Waals surface area contributed by atoms with Crippen LogP contribution < -0.4 is 4.74 Å². The van der Waals surface area contributed by atoms with Crippen LogP contribution in [0.25, 0.3) is 0 Å². The molecule has 0 unspecified atom stereocenters. The van der Waals surface area contributed by atoms with Crippen molar-refractivity contribution in [3.8, 4) is 5.75 Å². The van der Waals surface area contributed by atoms with Crippen LogP contribution in [0.15, 0.2) is 24.3 Å². The molecular weight excluding hydrogens is 230 g/mol. The molecule has 0 saturated heterocycles. The Labute approximate surface area is 97.0 Å². The molecule has 0 spiro atoms. The molecule has 3 nitrogen and oxygen atoms in total. The molecule has 0 bridgehead atoms. The van der Waals surface area contributed by atoms with Crippen LogP contribution >= 0.6 is 0 Å². The van der Waals surface area contributed by atoms with Gasteiger partial charge in [-0.3, -0.25) is 4.79 Å². The number of carboxylic acids is 1. The molecule has 1 saturated carbocycles. The predicted octanol–water partition coefficient (Wildman–Crippen LogP) is 2.52. The molecule has 0 aromatic heterocycles. The normalized spacial score (nSPS) is 22.5. The van der Waals surface area contributed by atoms with Gasteiger partial charge in [0.2, 0.25) is 0 Å². The first-order valence-corrected chi connectivity index (χ1v) is 5.31. The van der Waals surface area contributed by atoms with E-state index in [1.807, 2.05) is 0 Å². The maximum atomic E-state index is 11.9. The Balaban J connectivity index is 1.93. The van der Waals surface area contributed by atoms with Gasteiger partial charge in [0, 0.05) is 0 Å². The molecule has 92 valence electrons. The SMILES string of the molecule is O=C(O)[C@@H]1C[C@@H]1c1ccc(OCC(F)F)cc1. The summed E-state index contributed by atoms with van der Waals surface area (Å²) in [6, 6.07) is 6.65. The number of hydrogen-bond acceptors (Lipinski definition) is 2. The minimum Gasteiger partial charge on any atom is -0.488 e. The highest BCUT2D eigenvalue weighted by Gasteiger charge is 2.43. The number of hydrogen-bond donors (Lipinski definition) is 1. The molecule has 1 aliphatic carbocycles. The molecule has 0 radical (unpaired) electrons. The van der Waals surface area contributed by atoms with Crippen LogP contribution in [0.2, 0.25) is 0 Å². The minimum absolute atomic E-state index is 0.0525. The standard InChI is InChI=1S/C12H12F2O3/c13-11(14)6-17-8-3-1-7(2-4-8)9-5-10(9)12(15)16/h1-4,9-11H,5-6H2,(H,15,16)/t9-,10-/m1/s1. The monoisotopic (exact) mass is 242 g/mol. The van der Waals surface area contributed by atoms with Crippen molar-refractivity contribution in [2.24, 2.45) is 5.92 Å². The first-order chi connectivity index (χ1) is 8.08. The summed E-state index contributed by atoms with van der Waals surface area (Å²) in [4.78, 5) is 10.7. The lowest BCUT2D eigenvalue weighted by atomic mass is 10.1. The smallest absolute Gasteiger partial charge is 0.307 e. The lowest BCUT2D eigenvalue weighted by Crippen LogP contribution is -2.06. The molecule has 1 aromatic rings. The van der Waals surface area contributed by atoms with Crippen LogP contribution in [0.3, 0.4) is 0 Å². The predicted molar refractivity (Wildman–Crippen MR) is 56.4 cm³/mol. The summed E-state index contributed by atoms with van der Waals surface area (Å²) >= 11 is 0. The van der Waals surface area contributed by atoms with E-state index >= 15 is 0 Å². The third-order valence-corrected chi connectivity index (χ3v) is 2.79. The minimum atomic E-state index is -2.49. The number of rotatable bonds is 5. The summed E-state index contributed by atoms with van der Waals surface area (Å²) in [5.41, 5.74) is 0.918. The highest BCUT2D eigenvalue weighted by Crippen LogP contribution is 2.47. The molecule has 1 aliphatic rings. The highest BCUT2D eigenvalue weighted by atomic mass is 19.3. The molecule has 2 atom stereocenters. The van der Waals surface area contributed by atoms with Crippen molar-refractivity contribution in [3.05, 3.63) is 29.8 Å². The van der Waals surface area contributed by atoms with Gasteiger partial charge in [0.1, 0.15) is 12.4 Å². The zero-order valence-electron chi connectivity index (χ0n) is 8.98. The molecule has 17 heavy (non-hydrogen) atoms. The van der Waals surface area contributed by atoms with Gasteiger partial charge in [0.15, 0.2) is 0 Å². The van der Waals surface area contributed by atoms with E-state index in [1.165, 1.54) is 0 Å². The second kappa shape index (κ2) is 4.69. The largest absolute Gasteiger partial charge is 0.488 e. The van der Waals surface area contributed by atoms with E-state index in [1.54, 1.807) is 24.3 Å². The van der Waals surface area contributed by atoms with Gasteiger partial charge in [-0.15, -0.1) is 0 Å². The number of carbonyl (C=O) groups is 1. The second-order valence-electron chi connectivity index (χ2n) is 4.06. The Hall–Kier alpha value is -1.65. The quantitative estimate of drug-likeness (QED) is 0.863. The fourth-order valence-corrected chi connectivity index (χ4v) is 1.81. The van der Waals surface area contributed by atoms with Crippen molar-refractivity contribution in [1.82, 2.24) is 0 Å². The highest BCUT2D eigenvalue weighted by molar-refractivity contribution is 5.75. The Morgan fingerprint density at radius 2 is 2.06 bits per heavy atom. The molecular formula is C12H12F2O3. The van der Waals surface area contributed by atoms with Gasteiger partial charge < -0.3 is 9.84 Å². The first-order valence-electron chi connectivity index (χ1n) is 5.31. The number of ether oxygens (including phenoxy) is 1. The van der Waals surface area contributed by atoms with Crippen molar-refractivity contribution in [2.75, 3.05) is 6.61 Å². The Morgan fingerprint density at radius 1 is 1.41 bits per heavy atom. The Kier molecular flexibility index (Phi) is 3.26. The lowest BCUT2D eigenvalue weighted by molar-refractivity contribution is -0.138. The molecule has 0 aliphatic heterocycles. The van der Waals surface area contributed by atoms with Crippen molar-refractivity contribution in [1.29, 1.82) is 0 Å². The number of benzene rings is 1. The molecule has 1 N–H and O–H groups in total. The van der Waals surface area contributed by atoms with Crippen molar-refractivity contribution < 1.29 is 23.4 Å². The topological polar surface area (TPSA) is 46.5 Å². The maximum Gasteiger partial charge on any atom is 0.307 e. The summed E-state index contributed by atoms with van der Waals surface area (Å²) < 4.78 is 28.6. The summed E-state index contributed by atoms with van der Waals surface area (Å²) in [6.45, 7) is -0.624. The van der Waals surface area contributed by atoms with Gasteiger partial charge in [-0.1, -0.05) is 12.1 Å². The average Bonchev–Trinajstić information content (AvgIpc) is 3.07. The van der Waals surface area contributed by atoms with E-state index in [2.05, 4.69) is 0 Å². The lowest BCUT2D eigenvalue weighted by Gasteiger charge is -2.06. The summed E-state index contributed by atoms with van der Waals surface area (Å²) in [5.74, 6) is -0.658. The zero-order valence-corrected chi connectivity index (χ0v) is 8.98. The fraction of sp³-hybridized carbons (Fsp3) is 0.417. The third-order valence-electron chi connectivity index (χ3n) is 2.79. The van der Waals surface area contributed by atoms with Crippen LogP contribution in [-0.4, -0.2) is 24.1 Å². The summed E-state index contributed by atoms with van der Waals surface area (Å²) in [7, 11) is 0. The molecule has 1 fully saturated rings. The number of carboxylic acid groups (broad SMARTS) is 1.